The molecule has 0 atom stereocenters. The van der Waals surface area contributed by atoms with E-state index in [1.54, 1.807) is 11.3 Å². The summed E-state index contributed by atoms with van der Waals surface area (Å²) in [5.41, 5.74) is 0.999. The first-order chi connectivity index (χ1) is 10.2. The van der Waals surface area contributed by atoms with Crippen LogP contribution in [0.25, 0.3) is 0 Å². The van der Waals surface area contributed by atoms with Crippen LogP contribution in [0.1, 0.15) is 32.4 Å². The predicted molar refractivity (Wildman–Crippen MR) is 86.0 cm³/mol. The van der Waals surface area contributed by atoms with Crippen LogP contribution in [0.15, 0.2) is 5.38 Å². The Morgan fingerprint density at radius 2 is 2.10 bits per heavy atom. The second-order valence-electron chi connectivity index (χ2n) is 5.26. The Morgan fingerprint density at radius 3 is 2.76 bits per heavy atom. The summed E-state index contributed by atoms with van der Waals surface area (Å²) >= 11 is 1.68. The lowest BCUT2D eigenvalue weighted by atomic mass is 10.2. The summed E-state index contributed by atoms with van der Waals surface area (Å²) in [4.78, 5) is 20.9. The largest absolute Gasteiger partial charge is 0.466 e. The zero-order valence-corrected chi connectivity index (χ0v) is 13.8. The standard InChI is InChI=1S/C15H25N3O2S/c1-3-7-17-8-10-18(11-9-17)15-16-13(12-21-15)5-6-14(19)20-4-2/h12H,3-11H2,1-2H3. The molecule has 1 saturated heterocycles. The van der Waals surface area contributed by atoms with E-state index in [2.05, 4.69) is 27.1 Å². The number of thiazole rings is 1. The van der Waals surface area contributed by atoms with Crippen molar-refractivity contribution in [2.45, 2.75) is 33.1 Å². The van der Waals surface area contributed by atoms with Crippen molar-refractivity contribution in [3.8, 4) is 0 Å². The monoisotopic (exact) mass is 311 g/mol. The maximum atomic E-state index is 11.4. The zero-order chi connectivity index (χ0) is 15.1. The molecule has 0 radical (unpaired) electrons. The Kier molecular flexibility index (Phi) is 6.45. The van der Waals surface area contributed by atoms with Gasteiger partial charge in [0, 0.05) is 38.0 Å². The van der Waals surface area contributed by atoms with Crippen LogP contribution in [-0.2, 0) is 16.0 Å². The Labute approximate surface area is 130 Å². The highest BCUT2D eigenvalue weighted by Gasteiger charge is 2.18. The number of nitrogens with zero attached hydrogens (tertiary/aromatic N) is 3. The van der Waals surface area contributed by atoms with Crippen molar-refractivity contribution in [3.63, 3.8) is 0 Å². The van der Waals surface area contributed by atoms with E-state index in [-0.39, 0.29) is 5.97 Å². The first-order valence-electron chi connectivity index (χ1n) is 7.80. The SMILES string of the molecule is CCCN1CCN(c2nc(CCC(=O)OCC)cs2)CC1. The molecule has 118 valence electrons. The van der Waals surface area contributed by atoms with E-state index in [1.165, 1.54) is 13.0 Å². The minimum Gasteiger partial charge on any atom is -0.466 e. The maximum Gasteiger partial charge on any atom is 0.306 e. The fourth-order valence-corrected chi connectivity index (χ4v) is 3.41. The first kappa shape index (κ1) is 16.2. The number of hydrogen-bond donors (Lipinski definition) is 0. The highest BCUT2D eigenvalue weighted by atomic mass is 32.1. The fourth-order valence-electron chi connectivity index (χ4n) is 2.50. The smallest absolute Gasteiger partial charge is 0.306 e. The van der Waals surface area contributed by atoms with Gasteiger partial charge in [-0.15, -0.1) is 11.3 Å². The highest BCUT2D eigenvalue weighted by molar-refractivity contribution is 7.13. The molecule has 0 saturated carbocycles. The maximum absolute atomic E-state index is 11.4. The lowest BCUT2D eigenvalue weighted by Crippen LogP contribution is -2.46. The third kappa shape index (κ3) is 4.97. The molecule has 1 aromatic heterocycles. The van der Waals surface area contributed by atoms with Crippen LogP contribution in [0, 0.1) is 0 Å². The number of carbonyl (C=O) groups excluding carboxylic acids is 1. The molecule has 2 rings (SSSR count). The van der Waals surface area contributed by atoms with Gasteiger partial charge < -0.3 is 9.64 Å². The van der Waals surface area contributed by atoms with Crippen molar-refractivity contribution in [3.05, 3.63) is 11.1 Å². The van der Waals surface area contributed by atoms with E-state index < -0.39 is 0 Å². The van der Waals surface area contributed by atoms with E-state index in [9.17, 15) is 4.79 Å². The quantitative estimate of drug-likeness (QED) is 0.722. The summed E-state index contributed by atoms with van der Waals surface area (Å²) in [5.74, 6) is -0.139. The molecular weight excluding hydrogens is 286 g/mol. The lowest BCUT2D eigenvalue weighted by molar-refractivity contribution is -0.143. The summed E-state index contributed by atoms with van der Waals surface area (Å²) in [6, 6.07) is 0. The van der Waals surface area contributed by atoms with Gasteiger partial charge >= 0.3 is 5.97 Å². The van der Waals surface area contributed by atoms with Crippen LogP contribution in [0.2, 0.25) is 0 Å². The minimum atomic E-state index is -0.139. The number of hydrogen-bond acceptors (Lipinski definition) is 6. The van der Waals surface area contributed by atoms with E-state index in [0.29, 0.717) is 19.4 Å². The summed E-state index contributed by atoms with van der Waals surface area (Å²) in [5, 5.41) is 3.15. The van der Waals surface area contributed by atoms with Gasteiger partial charge in [0.15, 0.2) is 5.13 Å². The molecule has 0 spiro atoms. The number of rotatable bonds is 7. The first-order valence-corrected chi connectivity index (χ1v) is 8.68. The van der Waals surface area contributed by atoms with Crippen molar-refractivity contribution in [2.75, 3.05) is 44.2 Å². The zero-order valence-electron chi connectivity index (χ0n) is 13.0. The van der Waals surface area contributed by atoms with Crippen molar-refractivity contribution < 1.29 is 9.53 Å². The minimum absolute atomic E-state index is 0.139. The molecule has 0 aliphatic carbocycles. The van der Waals surface area contributed by atoms with E-state index in [1.807, 2.05) is 6.92 Å². The highest BCUT2D eigenvalue weighted by Crippen LogP contribution is 2.22. The second kappa shape index (κ2) is 8.34. The predicted octanol–water partition coefficient (Wildman–Crippen LogP) is 2.17. The van der Waals surface area contributed by atoms with Crippen LogP contribution >= 0.6 is 11.3 Å². The van der Waals surface area contributed by atoms with Gasteiger partial charge in [-0.05, 0) is 19.9 Å². The number of carbonyl (C=O) groups is 1. The van der Waals surface area contributed by atoms with Crippen molar-refractivity contribution >= 4 is 22.4 Å². The number of anilines is 1. The molecule has 0 unspecified atom stereocenters. The van der Waals surface area contributed by atoms with Gasteiger partial charge in [-0.3, -0.25) is 9.69 Å². The third-order valence-corrected chi connectivity index (χ3v) is 4.56. The van der Waals surface area contributed by atoms with Crippen molar-refractivity contribution in [2.24, 2.45) is 0 Å². The summed E-state index contributed by atoms with van der Waals surface area (Å²) in [6.07, 6.45) is 2.31. The molecule has 0 amide bonds. The van der Waals surface area contributed by atoms with Crippen LogP contribution in [0.3, 0.4) is 0 Å². The molecule has 1 aliphatic heterocycles. The number of piperazine rings is 1. The molecule has 1 aromatic rings. The van der Waals surface area contributed by atoms with E-state index in [0.717, 1.165) is 37.0 Å². The molecule has 0 bridgehead atoms. The lowest BCUT2D eigenvalue weighted by Gasteiger charge is -2.34. The van der Waals surface area contributed by atoms with Gasteiger partial charge in [-0.25, -0.2) is 4.98 Å². The van der Waals surface area contributed by atoms with Crippen molar-refractivity contribution in [1.29, 1.82) is 0 Å². The normalized spacial score (nSPS) is 16.2. The molecular formula is C15H25N3O2S. The Balaban J connectivity index is 1.79. The Hall–Kier alpha value is -1.14. The Morgan fingerprint density at radius 1 is 1.33 bits per heavy atom. The number of ether oxygens (including phenoxy) is 1. The van der Waals surface area contributed by atoms with Crippen molar-refractivity contribution in [1.82, 2.24) is 9.88 Å². The van der Waals surface area contributed by atoms with Gasteiger partial charge in [0.2, 0.25) is 0 Å². The molecule has 6 heteroatoms. The summed E-state index contributed by atoms with van der Waals surface area (Å²) < 4.78 is 4.94. The fraction of sp³-hybridized carbons (Fsp3) is 0.733. The molecule has 1 aliphatic rings. The molecule has 1 fully saturated rings. The molecule has 21 heavy (non-hydrogen) atoms. The van der Waals surface area contributed by atoms with Gasteiger partial charge in [0.1, 0.15) is 0 Å². The second-order valence-corrected chi connectivity index (χ2v) is 6.09. The van der Waals surface area contributed by atoms with E-state index >= 15 is 0 Å². The average molecular weight is 311 g/mol. The number of aryl methyl sites for hydroxylation is 1. The summed E-state index contributed by atoms with van der Waals surface area (Å²) in [6.45, 7) is 10.0. The molecule has 5 nitrogen and oxygen atoms in total. The topological polar surface area (TPSA) is 45.7 Å². The van der Waals surface area contributed by atoms with Gasteiger partial charge in [-0.1, -0.05) is 6.92 Å². The van der Waals surface area contributed by atoms with Gasteiger partial charge in [0.25, 0.3) is 0 Å². The third-order valence-electron chi connectivity index (χ3n) is 3.61. The van der Waals surface area contributed by atoms with Crippen LogP contribution in [0.4, 0.5) is 5.13 Å². The summed E-state index contributed by atoms with van der Waals surface area (Å²) in [7, 11) is 0. The number of aromatic nitrogens is 1. The van der Waals surface area contributed by atoms with Gasteiger partial charge in [-0.2, -0.15) is 0 Å². The van der Waals surface area contributed by atoms with Crippen LogP contribution in [0.5, 0.6) is 0 Å². The Bertz CT molecular complexity index is 442. The van der Waals surface area contributed by atoms with Crippen LogP contribution < -0.4 is 4.90 Å². The molecule has 2 heterocycles. The number of esters is 1. The molecule has 0 aromatic carbocycles. The van der Waals surface area contributed by atoms with Crippen LogP contribution in [-0.4, -0.2) is 55.2 Å². The average Bonchev–Trinajstić information content (AvgIpc) is 2.95. The molecule has 0 N–H and O–H groups in total. The van der Waals surface area contributed by atoms with Gasteiger partial charge in [0.05, 0.1) is 18.7 Å². The van der Waals surface area contributed by atoms with E-state index in [4.69, 9.17) is 4.74 Å².